The highest BCUT2D eigenvalue weighted by Crippen LogP contribution is 2.36. The van der Waals surface area contributed by atoms with Gasteiger partial charge in [-0.05, 0) is 117 Å². The predicted molar refractivity (Wildman–Crippen MR) is 248 cm³/mol. The van der Waals surface area contributed by atoms with Gasteiger partial charge in [-0.25, -0.2) is 14.8 Å². The highest BCUT2D eigenvalue weighted by atomic mass is 19.4. The molecule has 1 aliphatic carbocycles. The molecule has 68 heavy (non-hydrogen) atoms. The van der Waals surface area contributed by atoms with Crippen LogP contribution in [0.4, 0.5) is 37.7 Å². The number of nitrogens with zero attached hydrogens (tertiary/aromatic N) is 6. The fourth-order valence-electron chi connectivity index (χ4n) is 7.74. The summed E-state index contributed by atoms with van der Waals surface area (Å²) in [7, 11) is 0. The van der Waals surface area contributed by atoms with Crippen molar-refractivity contribution in [2.45, 2.75) is 64.3 Å². The lowest BCUT2D eigenvalue weighted by Crippen LogP contribution is -2.34. The highest BCUT2D eigenvalue weighted by Gasteiger charge is 2.39. The van der Waals surface area contributed by atoms with Gasteiger partial charge in [0.25, 0.3) is 5.91 Å². The summed E-state index contributed by atoms with van der Waals surface area (Å²) in [5.41, 5.74) is 10.5. The van der Waals surface area contributed by atoms with E-state index in [-0.39, 0.29) is 30.1 Å². The van der Waals surface area contributed by atoms with Crippen LogP contribution in [0.25, 0.3) is 56.1 Å². The molecule has 0 saturated heterocycles. The van der Waals surface area contributed by atoms with Gasteiger partial charge in [-0.3, -0.25) is 23.6 Å². The lowest BCUT2D eigenvalue weighted by Gasteiger charge is -2.15. The number of hydrogen-bond donors (Lipinski definition) is 4. The van der Waals surface area contributed by atoms with E-state index in [1.807, 2.05) is 67.0 Å². The van der Waals surface area contributed by atoms with Crippen LogP contribution in [0.15, 0.2) is 122 Å². The average Bonchev–Trinajstić information content (AvgIpc) is 3.63. The Morgan fingerprint density at radius 2 is 1.04 bits per heavy atom. The topological polar surface area (TPSA) is 151 Å². The molecule has 1 fully saturated rings. The number of nitrogens with one attached hydrogen (secondary N) is 3. The molecule has 8 aromatic rings. The number of rotatable bonds is 13. The number of pyridine rings is 4. The highest BCUT2D eigenvalue weighted by molar-refractivity contribution is 5.97. The van der Waals surface area contributed by atoms with E-state index in [1.165, 1.54) is 6.07 Å². The minimum atomic E-state index is -4.27. The second-order valence-corrected chi connectivity index (χ2v) is 16.9. The molecule has 12 nitrogen and oxygen atoms in total. The number of carbonyl (C=O) groups excluding carboxylic acids is 1. The second kappa shape index (κ2) is 18.9. The van der Waals surface area contributed by atoms with Gasteiger partial charge in [0, 0.05) is 83.6 Å². The first-order valence-electron chi connectivity index (χ1n) is 21.6. The first-order chi connectivity index (χ1) is 32.3. The largest absolute Gasteiger partial charge is 0.478 e. The zero-order chi connectivity index (χ0) is 48.4. The van der Waals surface area contributed by atoms with Crippen molar-refractivity contribution in [1.29, 1.82) is 0 Å². The molecule has 0 radical (unpaired) electrons. The third-order valence-electron chi connectivity index (χ3n) is 11.6. The summed E-state index contributed by atoms with van der Waals surface area (Å²) in [6, 6.07) is 21.4. The van der Waals surface area contributed by atoms with Crippen molar-refractivity contribution in [3.63, 3.8) is 0 Å². The molecule has 1 amide bonds. The van der Waals surface area contributed by atoms with Crippen molar-refractivity contribution < 1.29 is 41.0 Å². The molecular formula is C50H45F6N9O3. The molecule has 0 atom stereocenters. The molecule has 6 heterocycles. The molecule has 350 valence electrons. The van der Waals surface area contributed by atoms with Crippen LogP contribution in [0.5, 0.6) is 0 Å². The lowest BCUT2D eigenvalue weighted by atomic mass is 10.0. The molecule has 6 aromatic heterocycles. The van der Waals surface area contributed by atoms with Crippen LogP contribution < -0.4 is 16.0 Å². The minimum Gasteiger partial charge on any atom is -0.478 e. The summed E-state index contributed by atoms with van der Waals surface area (Å²) in [4.78, 5) is 41.1. The second-order valence-electron chi connectivity index (χ2n) is 16.9. The first-order valence-corrected chi connectivity index (χ1v) is 21.6. The molecule has 0 bridgehead atoms. The number of benzene rings is 2. The van der Waals surface area contributed by atoms with Crippen molar-refractivity contribution in [3.05, 3.63) is 145 Å². The van der Waals surface area contributed by atoms with Gasteiger partial charge >= 0.3 is 18.3 Å². The van der Waals surface area contributed by atoms with Crippen LogP contribution in [0, 0.1) is 13.8 Å². The average molecular weight is 934 g/mol. The number of fused-ring (bicyclic) bond motifs is 2. The van der Waals surface area contributed by atoms with E-state index in [2.05, 4.69) is 35.9 Å². The van der Waals surface area contributed by atoms with E-state index in [1.54, 1.807) is 78.8 Å². The van der Waals surface area contributed by atoms with Gasteiger partial charge in [0.2, 0.25) is 0 Å². The van der Waals surface area contributed by atoms with Gasteiger partial charge in [-0.15, -0.1) is 0 Å². The number of aromatic carboxylic acids is 1. The van der Waals surface area contributed by atoms with Crippen LogP contribution in [-0.2, 0) is 0 Å². The van der Waals surface area contributed by atoms with E-state index in [4.69, 9.17) is 0 Å². The quantitative estimate of drug-likeness (QED) is 0.0828. The van der Waals surface area contributed by atoms with Gasteiger partial charge < -0.3 is 21.1 Å². The number of anilines is 2. The smallest absolute Gasteiger partial charge is 0.390 e. The summed E-state index contributed by atoms with van der Waals surface area (Å²) in [6.45, 7) is 5.09. The summed E-state index contributed by atoms with van der Waals surface area (Å²) < 4.78 is 79.9. The summed E-state index contributed by atoms with van der Waals surface area (Å²) in [5.74, 6) is -1.10. The Labute approximate surface area is 386 Å². The van der Waals surface area contributed by atoms with Crippen molar-refractivity contribution in [2.24, 2.45) is 0 Å². The van der Waals surface area contributed by atoms with Gasteiger partial charge in [0.05, 0.1) is 53.6 Å². The number of halogens is 6. The summed E-state index contributed by atoms with van der Waals surface area (Å²) in [5, 5.41) is 18.1. The minimum absolute atomic E-state index is 0.0895. The SMILES string of the molecule is Cc1cc(-c2cnc3c(NCCC(F)(F)F)cc(-c4ccncc4)cn23)ccc1C(=O)NC1(C)CC1.Cc1cc(-c2cnc3c(NCCC(F)(F)F)cc(-c4ccncc4)cn23)ccc1C(=O)O. The van der Waals surface area contributed by atoms with Gasteiger partial charge in [0.15, 0.2) is 11.3 Å². The van der Waals surface area contributed by atoms with E-state index < -0.39 is 31.2 Å². The lowest BCUT2D eigenvalue weighted by molar-refractivity contribution is -0.132. The van der Waals surface area contributed by atoms with E-state index in [9.17, 15) is 41.0 Å². The van der Waals surface area contributed by atoms with Gasteiger partial charge in [-0.1, -0.05) is 12.1 Å². The van der Waals surface area contributed by atoms with Crippen molar-refractivity contribution in [1.82, 2.24) is 34.1 Å². The summed E-state index contributed by atoms with van der Waals surface area (Å²) in [6.07, 6.45) is 5.21. The Morgan fingerprint density at radius 1 is 0.618 bits per heavy atom. The Balaban J connectivity index is 0.000000185. The molecule has 0 aliphatic heterocycles. The number of carboxylic acids is 1. The normalized spacial score (nSPS) is 13.2. The Hall–Kier alpha value is -7.76. The third-order valence-corrected chi connectivity index (χ3v) is 11.6. The molecule has 1 saturated carbocycles. The molecule has 2 aromatic carbocycles. The number of carboxylic acid groups (broad SMARTS) is 1. The molecule has 1 aliphatic rings. The maximum atomic E-state index is 12.8. The van der Waals surface area contributed by atoms with Crippen LogP contribution in [-0.4, -0.2) is 76.7 Å². The summed E-state index contributed by atoms with van der Waals surface area (Å²) >= 11 is 0. The van der Waals surface area contributed by atoms with Crippen LogP contribution in [0.2, 0.25) is 0 Å². The maximum Gasteiger partial charge on any atom is 0.390 e. The Kier molecular flexibility index (Phi) is 13.0. The first kappa shape index (κ1) is 46.8. The number of alkyl halides is 6. The molecule has 18 heteroatoms. The van der Waals surface area contributed by atoms with Crippen LogP contribution in [0.3, 0.4) is 0 Å². The van der Waals surface area contributed by atoms with E-state index >= 15 is 0 Å². The van der Waals surface area contributed by atoms with Crippen LogP contribution in [0.1, 0.15) is 64.4 Å². The van der Waals surface area contributed by atoms with E-state index in [0.717, 1.165) is 57.5 Å². The van der Waals surface area contributed by atoms with Crippen molar-refractivity contribution in [3.8, 4) is 44.8 Å². The van der Waals surface area contributed by atoms with Gasteiger partial charge in [-0.2, -0.15) is 26.3 Å². The zero-order valence-corrected chi connectivity index (χ0v) is 37.0. The number of hydrogen-bond acceptors (Lipinski definition) is 8. The molecule has 0 unspecified atom stereocenters. The third kappa shape index (κ3) is 10.9. The Bertz CT molecular complexity index is 3130. The number of amides is 1. The van der Waals surface area contributed by atoms with E-state index in [0.29, 0.717) is 39.5 Å². The number of aryl methyl sites for hydroxylation is 2. The predicted octanol–water partition coefficient (Wildman–Crippen LogP) is 11.5. The Morgan fingerprint density at radius 3 is 1.43 bits per heavy atom. The fourth-order valence-corrected chi connectivity index (χ4v) is 7.74. The number of aromatic nitrogens is 6. The monoisotopic (exact) mass is 933 g/mol. The van der Waals surface area contributed by atoms with Crippen LogP contribution >= 0.6 is 0 Å². The molecule has 4 N–H and O–H groups in total. The molecular weight excluding hydrogens is 889 g/mol. The fraction of sp³-hybridized carbons (Fsp3) is 0.240. The van der Waals surface area contributed by atoms with Crippen molar-refractivity contribution in [2.75, 3.05) is 23.7 Å². The van der Waals surface area contributed by atoms with Crippen molar-refractivity contribution >= 4 is 34.5 Å². The number of carbonyl (C=O) groups is 2. The van der Waals surface area contributed by atoms with Gasteiger partial charge in [0.1, 0.15) is 0 Å². The standard InChI is InChI=1S/C27H26F3N5O.C23H19F3N4O2/c1-17-13-19(3-4-21(17)25(36)34-26(2)7-8-26)23-15-33-24-22(32-12-9-27(28,29)30)14-20(16-35(23)24)18-5-10-31-11-6-18;1-14-10-16(2-3-18(14)22(31)32)20-12-29-21-19(28-9-6-23(24,25)26)11-17(13-30(20)21)15-4-7-27-8-5-15/h3-6,10-11,13-16,32H,7-9,12H2,1-2H3,(H,34,36);2-5,7-8,10-13,28H,6,9H2,1H3,(H,31,32). The number of imidazole rings is 2. The zero-order valence-electron chi connectivity index (χ0n) is 37.0. The molecule has 0 spiro atoms. The molecule has 9 rings (SSSR count). The maximum absolute atomic E-state index is 12.8.